The summed E-state index contributed by atoms with van der Waals surface area (Å²) in [6, 6.07) is 19.0. The molecule has 15 heavy (non-hydrogen) atoms. The van der Waals surface area contributed by atoms with Crippen LogP contribution >= 0.6 is 0 Å². The Morgan fingerprint density at radius 3 is 1.33 bits per heavy atom. The van der Waals surface area contributed by atoms with Gasteiger partial charge in [0.05, 0.1) is 10.8 Å². The zero-order valence-corrected chi connectivity index (χ0v) is 10.9. The van der Waals surface area contributed by atoms with Gasteiger partial charge in [0.15, 0.2) is 0 Å². The van der Waals surface area contributed by atoms with Gasteiger partial charge < -0.3 is 0 Å². The van der Waals surface area contributed by atoms with E-state index in [0.717, 1.165) is 9.79 Å². The molecular formula is C12H10OSTb+3. The summed E-state index contributed by atoms with van der Waals surface area (Å²) in [5.74, 6) is 0. The first-order chi connectivity index (χ1) is 6.88. The van der Waals surface area contributed by atoms with Gasteiger partial charge in [-0.05, 0) is 24.3 Å². The van der Waals surface area contributed by atoms with Crippen molar-refractivity contribution in [1.29, 1.82) is 0 Å². The zero-order valence-electron chi connectivity index (χ0n) is 7.92. The SMILES string of the molecule is O=S(c1ccccc1)c1ccccc1.[Tb+3]. The molecule has 0 aliphatic rings. The van der Waals surface area contributed by atoms with Crippen LogP contribution < -0.4 is 0 Å². The van der Waals surface area contributed by atoms with E-state index in [1.165, 1.54) is 0 Å². The van der Waals surface area contributed by atoms with Gasteiger partial charge in [0.2, 0.25) is 0 Å². The van der Waals surface area contributed by atoms with E-state index in [1.807, 2.05) is 60.7 Å². The van der Waals surface area contributed by atoms with Gasteiger partial charge in [-0.25, -0.2) is 4.21 Å². The quantitative estimate of drug-likeness (QED) is 0.804. The summed E-state index contributed by atoms with van der Waals surface area (Å²) in [4.78, 5) is 1.69. The summed E-state index contributed by atoms with van der Waals surface area (Å²) in [5, 5.41) is 0. The number of benzene rings is 2. The van der Waals surface area contributed by atoms with Crippen LogP contribution in [-0.2, 0) is 10.8 Å². The molecule has 2 rings (SSSR count). The van der Waals surface area contributed by atoms with Crippen LogP contribution in [0, 0.1) is 38.6 Å². The summed E-state index contributed by atoms with van der Waals surface area (Å²) in [7, 11) is -1.05. The Labute approximate surface area is 123 Å². The Hall–Kier alpha value is -0.124. The summed E-state index contributed by atoms with van der Waals surface area (Å²) in [6.07, 6.45) is 0. The molecule has 3 heteroatoms. The van der Waals surface area contributed by atoms with Gasteiger partial charge in [0, 0.05) is 9.79 Å². The molecule has 0 atom stereocenters. The minimum absolute atomic E-state index is 0. The van der Waals surface area contributed by atoms with Crippen molar-refractivity contribution in [1.82, 2.24) is 0 Å². The Bertz CT molecular complexity index is 386. The minimum atomic E-state index is -1.05. The second-order valence-electron chi connectivity index (χ2n) is 2.89. The van der Waals surface area contributed by atoms with Gasteiger partial charge in [-0.2, -0.15) is 0 Å². The maximum atomic E-state index is 12.0. The maximum Gasteiger partial charge on any atom is 3.00 e. The fourth-order valence-corrected chi connectivity index (χ4v) is 2.31. The first-order valence-electron chi connectivity index (χ1n) is 4.40. The van der Waals surface area contributed by atoms with Crippen LogP contribution in [-0.4, -0.2) is 4.21 Å². The van der Waals surface area contributed by atoms with Crippen LogP contribution in [0.2, 0.25) is 0 Å². The third-order valence-electron chi connectivity index (χ3n) is 1.91. The van der Waals surface area contributed by atoms with E-state index in [4.69, 9.17) is 0 Å². The molecule has 0 saturated heterocycles. The van der Waals surface area contributed by atoms with Gasteiger partial charge in [-0.3, -0.25) is 0 Å². The molecule has 0 radical (unpaired) electrons. The maximum absolute atomic E-state index is 12.0. The van der Waals surface area contributed by atoms with Crippen molar-refractivity contribution in [3.63, 3.8) is 0 Å². The molecule has 0 unspecified atom stereocenters. The smallest absolute Gasteiger partial charge is 0.249 e. The summed E-state index contributed by atoms with van der Waals surface area (Å²) < 4.78 is 12.0. The second-order valence-corrected chi connectivity index (χ2v) is 4.38. The predicted molar refractivity (Wildman–Crippen MR) is 57.6 cm³/mol. The van der Waals surface area contributed by atoms with Crippen molar-refractivity contribution in [2.24, 2.45) is 0 Å². The van der Waals surface area contributed by atoms with Crippen molar-refractivity contribution < 1.29 is 42.8 Å². The van der Waals surface area contributed by atoms with Crippen LogP contribution in [0.5, 0.6) is 0 Å². The number of hydrogen-bond acceptors (Lipinski definition) is 1. The van der Waals surface area contributed by atoms with E-state index < -0.39 is 10.8 Å². The van der Waals surface area contributed by atoms with E-state index in [-0.39, 0.29) is 38.6 Å². The van der Waals surface area contributed by atoms with Crippen LogP contribution in [0.4, 0.5) is 0 Å². The van der Waals surface area contributed by atoms with Gasteiger partial charge in [0.1, 0.15) is 0 Å². The molecule has 0 aromatic heterocycles. The average Bonchev–Trinajstić information content (AvgIpc) is 2.30. The molecule has 2 aromatic carbocycles. The summed E-state index contributed by atoms with van der Waals surface area (Å²) in [6.45, 7) is 0. The Kier molecular flexibility index (Phi) is 5.57. The van der Waals surface area contributed by atoms with Crippen LogP contribution in [0.15, 0.2) is 70.5 Å². The van der Waals surface area contributed by atoms with Crippen molar-refractivity contribution in [2.45, 2.75) is 9.79 Å². The summed E-state index contributed by atoms with van der Waals surface area (Å²) in [5.41, 5.74) is 0. The molecule has 0 aliphatic carbocycles. The number of rotatable bonds is 2. The standard InChI is InChI=1S/C12H10OS.Tb/c13-14(11-7-3-1-4-8-11)12-9-5-2-6-10-12;/h1-10H;/q;+3. The third-order valence-corrected chi connectivity index (χ3v) is 3.32. The van der Waals surface area contributed by atoms with Gasteiger partial charge in [-0.15, -0.1) is 0 Å². The van der Waals surface area contributed by atoms with Gasteiger partial charge in [-0.1, -0.05) is 36.4 Å². The van der Waals surface area contributed by atoms with Gasteiger partial charge >= 0.3 is 38.6 Å². The predicted octanol–water partition coefficient (Wildman–Crippen LogP) is 2.85. The largest absolute Gasteiger partial charge is 3.00 e. The van der Waals surface area contributed by atoms with Crippen molar-refractivity contribution in [3.05, 3.63) is 60.7 Å². The fourth-order valence-electron chi connectivity index (χ4n) is 1.22. The van der Waals surface area contributed by atoms with Gasteiger partial charge in [0.25, 0.3) is 0 Å². The second kappa shape index (κ2) is 6.46. The Balaban J connectivity index is 0.00000112. The first-order valence-corrected chi connectivity index (χ1v) is 5.55. The molecular weight excluding hydrogens is 351 g/mol. The monoisotopic (exact) mass is 361 g/mol. The molecule has 76 valence electrons. The molecule has 0 fully saturated rings. The van der Waals surface area contributed by atoms with Crippen LogP contribution in [0.1, 0.15) is 0 Å². The zero-order chi connectivity index (χ0) is 9.80. The third kappa shape index (κ3) is 3.43. The van der Waals surface area contributed by atoms with Crippen LogP contribution in [0.25, 0.3) is 0 Å². The van der Waals surface area contributed by atoms with E-state index in [2.05, 4.69) is 0 Å². The fraction of sp³-hybridized carbons (Fsp3) is 0. The molecule has 0 spiro atoms. The topological polar surface area (TPSA) is 17.1 Å². The van der Waals surface area contributed by atoms with Crippen molar-refractivity contribution in [3.8, 4) is 0 Å². The molecule has 0 aliphatic heterocycles. The van der Waals surface area contributed by atoms with Crippen LogP contribution in [0.3, 0.4) is 0 Å². The Morgan fingerprint density at radius 2 is 1.00 bits per heavy atom. The first kappa shape index (κ1) is 12.9. The summed E-state index contributed by atoms with van der Waals surface area (Å²) >= 11 is 0. The van der Waals surface area contributed by atoms with Crippen molar-refractivity contribution >= 4 is 10.8 Å². The van der Waals surface area contributed by atoms with E-state index in [9.17, 15) is 4.21 Å². The molecule has 0 heterocycles. The minimum Gasteiger partial charge on any atom is -0.249 e. The molecule has 0 N–H and O–H groups in total. The molecule has 2 aromatic rings. The normalized spacial score (nSPS) is 9.67. The van der Waals surface area contributed by atoms with Crippen molar-refractivity contribution in [2.75, 3.05) is 0 Å². The Morgan fingerprint density at radius 1 is 0.667 bits per heavy atom. The van der Waals surface area contributed by atoms with E-state index in [0.29, 0.717) is 0 Å². The average molecular weight is 361 g/mol. The molecule has 0 bridgehead atoms. The van der Waals surface area contributed by atoms with E-state index >= 15 is 0 Å². The number of hydrogen-bond donors (Lipinski definition) is 0. The molecule has 1 nitrogen and oxygen atoms in total. The molecule has 0 amide bonds. The van der Waals surface area contributed by atoms with E-state index in [1.54, 1.807) is 0 Å². The molecule has 0 saturated carbocycles.